The maximum absolute atomic E-state index is 12.0. The summed E-state index contributed by atoms with van der Waals surface area (Å²) in [7, 11) is 1.59. The van der Waals surface area contributed by atoms with Gasteiger partial charge in [-0.25, -0.2) is 0 Å². The molecule has 5 heteroatoms. The molecule has 0 saturated carbocycles. The zero-order chi connectivity index (χ0) is 13.7. The number of hydrogen-bond donors (Lipinski definition) is 2. The van der Waals surface area contributed by atoms with Crippen LogP contribution in [0.5, 0.6) is 5.75 Å². The lowest BCUT2D eigenvalue weighted by Gasteiger charge is -2.18. The van der Waals surface area contributed by atoms with E-state index >= 15 is 0 Å². The summed E-state index contributed by atoms with van der Waals surface area (Å²) in [6, 6.07) is 5.43. The van der Waals surface area contributed by atoms with Crippen LogP contribution >= 0.6 is 15.9 Å². The van der Waals surface area contributed by atoms with Crippen LogP contribution in [-0.4, -0.2) is 19.6 Å². The van der Waals surface area contributed by atoms with E-state index in [-0.39, 0.29) is 17.7 Å². The summed E-state index contributed by atoms with van der Waals surface area (Å²) in [5.41, 5.74) is 6.32. The molecule has 0 bridgehead atoms. The Morgan fingerprint density at radius 1 is 1.50 bits per heavy atom. The van der Waals surface area contributed by atoms with E-state index in [1.165, 1.54) is 0 Å². The van der Waals surface area contributed by atoms with Crippen molar-refractivity contribution in [3.05, 3.63) is 22.7 Å². The fourth-order valence-electron chi connectivity index (χ4n) is 1.65. The van der Waals surface area contributed by atoms with E-state index in [1.807, 2.05) is 26.0 Å². The van der Waals surface area contributed by atoms with Gasteiger partial charge in [0.25, 0.3) is 0 Å². The maximum Gasteiger partial charge on any atom is 0.229 e. The molecule has 0 aliphatic heterocycles. The highest BCUT2D eigenvalue weighted by atomic mass is 79.9. The van der Waals surface area contributed by atoms with Crippen LogP contribution in [0.15, 0.2) is 22.7 Å². The monoisotopic (exact) mass is 314 g/mol. The van der Waals surface area contributed by atoms with Crippen LogP contribution in [0.1, 0.15) is 13.8 Å². The van der Waals surface area contributed by atoms with Gasteiger partial charge in [-0.1, -0.05) is 13.8 Å². The molecule has 1 aromatic carbocycles. The van der Waals surface area contributed by atoms with Crippen molar-refractivity contribution in [3.63, 3.8) is 0 Å². The lowest BCUT2D eigenvalue weighted by molar-refractivity contribution is -0.120. The maximum atomic E-state index is 12.0. The summed E-state index contributed by atoms with van der Waals surface area (Å²) < 4.78 is 6.03. The summed E-state index contributed by atoms with van der Waals surface area (Å²) in [5.74, 6) is 0.658. The number of rotatable bonds is 5. The van der Waals surface area contributed by atoms with Crippen molar-refractivity contribution in [2.75, 3.05) is 19.0 Å². The Bertz CT molecular complexity index is 421. The predicted molar refractivity (Wildman–Crippen MR) is 76.7 cm³/mol. The van der Waals surface area contributed by atoms with Crippen molar-refractivity contribution in [2.24, 2.45) is 17.6 Å². The van der Waals surface area contributed by atoms with Crippen molar-refractivity contribution in [1.29, 1.82) is 0 Å². The minimum atomic E-state index is -0.181. The van der Waals surface area contributed by atoms with Gasteiger partial charge in [0.1, 0.15) is 5.75 Å². The third-order valence-electron chi connectivity index (χ3n) is 2.81. The number of benzene rings is 1. The molecule has 18 heavy (non-hydrogen) atoms. The lowest BCUT2D eigenvalue weighted by Crippen LogP contribution is -2.33. The minimum absolute atomic E-state index is 0.0584. The molecule has 0 radical (unpaired) electrons. The Hall–Kier alpha value is -1.07. The zero-order valence-electron chi connectivity index (χ0n) is 10.9. The van der Waals surface area contributed by atoms with Crippen LogP contribution in [0.25, 0.3) is 0 Å². The minimum Gasteiger partial charge on any atom is -0.495 e. The van der Waals surface area contributed by atoms with Crippen molar-refractivity contribution in [3.8, 4) is 5.75 Å². The van der Waals surface area contributed by atoms with Gasteiger partial charge in [-0.2, -0.15) is 0 Å². The van der Waals surface area contributed by atoms with E-state index in [0.29, 0.717) is 18.0 Å². The summed E-state index contributed by atoms with van der Waals surface area (Å²) in [6.45, 7) is 4.32. The number of methoxy groups -OCH3 is 1. The third-order valence-corrected chi connectivity index (χ3v) is 3.47. The van der Waals surface area contributed by atoms with E-state index in [1.54, 1.807) is 13.2 Å². The quantitative estimate of drug-likeness (QED) is 0.878. The van der Waals surface area contributed by atoms with E-state index in [9.17, 15) is 4.79 Å². The fourth-order valence-corrected chi connectivity index (χ4v) is 2.06. The second kappa shape index (κ2) is 6.75. The van der Waals surface area contributed by atoms with E-state index < -0.39 is 0 Å². The number of nitrogens with two attached hydrogens (primary N) is 1. The molecule has 0 fully saturated rings. The van der Waals surface area contributed by atoms with Crippen molar-refractivity contribution in [2.45, 2.75) is 13.8 Å². The molecular formula is C13H19BrN2O2. The standard InChI is InChI=1S/C13H19BrN2O2/c1-8(2)10(7-15)13(17)16-9-4-5-11(14)12(6-9)18-3/h4-6,8,10H,7,15H2,1-3H3,(H,16,17). The molecule has 1 atom stereocenters. The SMILES string of the molecule is COc1cc(NC(=O)C(CN)C(C)C)ccc1Br. The molecule has 0 heterocycles. The average Bonchev–Trinajstić information content (AvgIpc) is 2.32. The smallest absolute Gasteiger partial charge is 0.229 e. The fraction of sp³-hybridized carbons (Fsp3) is 0.462. The van der Waals surface area contributed by atoms with Gasteiger partial charge in [0.2, 0.25) is 5.91 Å². The first-order chi connectivity index (χ1) is 8.49. The molecule has 0 spiro atoms. The van der Waals surface area contributed by atoms with Crippen molar-refractivity contribution < 1.29 is 9.53 Å². The molecule has 0 aromatic heterocycles. The largest absolute Gasteiger partial charge is 0.495 e. The number of nitrogens with one attached hydrogen (secondary N) is 1. The Labute approximate surface area is 116 Å². The van der Waals surface area contributed by atoms with Gasteiger partial charge in [-0.05, 0) is 34.0 Å². The Morgan fingerprint density at radius 2 is 2.17 bits per heavy atom. The molecule has 4 nitrogen and oxygen atoms in total. The first-order valence-electron chi connectivity index (χ1n) is 5.84. The predicted octanol–water partition coefficient (Wildman–Crippen LogP) is 2.63. The van der Waals surface area contributed by atoms with Gasteiger partial charge in [0, 0.05) is 18.3 Å². The summed E-state index contributed by atoms with van der Waals surface area (Å²) in [6.07, 6.45) is 0. The van der Waals surface area contributed by atoms with Gasteiger partial charge in [0.15, 0.2) is 0 Å². The summed E-state index contributed by atoms with van der Waals surface area (Å²) in [5, 5.41) is 2.86. The molecule has 1 unspecified atom stereocenters. The molecule has 1 amide bonds. The Balaban J connectivity index is 2.81. The molecule has 1 aromatic rings. The number of halogens is 1. The summed E-state index contributed by atoms with van der Waals surface area (Å²) in [4.78, 5) is 12.0. The topological polar surface area (TPSA) is 64.3 Å². The van der Waals surface area contributed by atoms with Gasteiger partial charge in [-0.15, -0.1) is 0 Å². The van der Waals surface area contributed by atoms with E-state index in [4.69, 9.17) is 10.5 Å². The van der Waals surface area contributed by atoms with Crippen molar-refractivity contribution in [1.82, 2.24) is 0 Å². The normalized spacial score (nSPS) is 12.3. The molecule has 0 aliphatic carbocycles. The van der Waals surface area contributed by atoms with Crippen LogP contribution in [0, 0.1) is 11.8 Å². The van der Waals surface area contributed by atoms with Gasteiger partial charge >= 0.3 is 0 Å². The number of anilines is 1. The summed E-state index contributed by atoms with van der Waals surface area (Å²) >= 11 is 3.36. The van der Waals surface area contributed by atoms with Crippen LogP contribution in [0.3, 0.4) is 0 Å². The molecular weight excluding hydrogens is 296 g/mol. The molecule has 1 rings (SSSR count). The molecule has 0 saturated heterocycles. The lowest BCUT2D eigenvalue weighted by atomic mass is 9.95. The van der Waals surface area contributed by atoms with Crippen molar-refractivity contribution >= 4 is 27.5 Å². The average molecular weight is 315 g/mol. The molecule has 100 valence electrons. The zero-order valence-corrected chi connectivity index (χ0v) is 12.5. The van der Waals surface area contributed by atoms with Gasteiger partial charge in [0.05, 0.1) is 17.5 Å². The molecule has 0 aliphatic rings. The van der Waals surface area contributed by atoms with Crippen LogP contribution in [0.4, 0.5) is 5.69 Å². The number of amides is 1. The van der Waals surface area contributed by atoms with Gasteiger partial charge in [-0.3, -0.25) is 4.79 Å². The number of hydrogen-bond acceptors (Lipinski definition) is 3. The van der Waals surface area contributed by atoms with Gasteiger partial charge < -0.3 is 15.8 Å². The second-order valence-corrected chi connectivity index (χ2v) is 5.28. The number of carbonyl (C=O) groups excluding carboxylic acids is 1. The first-order valence-corrected chi connectivity index (χ1v) is 6.63. The van der Waals surface area contributed by atoms with E-state index in [0.717, 1.165) is 4.47 Å². The van der Waals surface area contributed by atoms with Crippen LogP contribution < -0.4 is 15.8 Å². The number of ether oxygens (including phenoxy) is 1. The molecule has 3 N–H and O–H groups in total. The van der Waals surface area contributed by atoms with Crippen LogP contribution in [-0.2, 0) is 4.79 Å². The highest BCUT2D eigenvalue weighted by Crippen LogP contribution is 2.28. The first kappa shape index (κ1) is 15.0. The highest BCUT2D eigenvalue weighted by Gasteiger charge is 2.20. The third kappa shape index (κ3) is 3.71. The van der Waals surface area contributed by atoms with E-state index in [2.05, 4.69) is 21.2 Å². The highest BCUT2D eigenvalue weighted by molar-refractivity contribution is 9.10. The second-order valence-electron chi connectivity index (χ2n) is 4.42. The Kier molecular flexibility index (Phi) is 5.62. The van der Waals surface area contributed by atoms with Crippen LogP contribution in [0.2, 0.25) is 0 Å². The number of carbonyl (C=O) groups is 1. The Morgan fingerprint density at radius 3 is 2.67 bits per heavy atom.